The zero-order valence-electron chi connectivity index (χ0n) is 11.8. The third kappa shape index (κ3) is 5.11. The highest BCUT2D eigenvalue weighted by atomic mass is 79.9. The average molecular weight is 329 g/mol. The summed E-state index contributed by atoms with van der Waals surface area (Å²) in [5.41, 5.74) is 0.705. The Morgan fingerprint density at radius 2 is 2.11 bits per heavy atom. The van der Waals surface area contributed by atoms with Crippen LogP contribution in [0.15, 0.2) is 22.7 Å². The van der Waals surface area contributed by atoms with E-state index in [-0.39, 0.29) is 18.0 Å². The Hall–Kier alpha value is -1.23. The summed E-state index contributed by atoms with van der Waals surface area (Å²) >= 11 is 3.41. The molecule has 0 aliphatic heterocycles. The van der Waals surface area contributed by atoms with Gasteiger partial charge in [-0.25, -0.2) is 0 Å². The Labute approximate surface area is 123 Å². The van der Waals surface area contributed by atoms with Crippen LogP contribution in [0.2, 0.25) is 0 Å². The Morgan fingerprint density at radius 3 is 2.63 bits per heavy atom. The molecule has 0 spiro atoms. The highest BCUT2D eigenvalue weighted by Gasteiger charge is 2.17. The first-order chi connectivity index (χ1) is 8.88. The smallest absolute Gasteiger partial charge is 0.239 e. The number of rotatable bonds is 6. The van der Waals surface area contributed by atoms with E-state index < -0.39 is 0 Å². The summed E-state index contributed by atoms with van der Waals surface area (Å²) in [7, 11) is 1.62. The minimum Gasteiger partial charge on any atom is -0.496 e. The molecule has 1 rings (SSSR count). The minimum atomic E-state index is -0.167. The van der Waals surface area contributed by atoms with Gasteiger partial charge in [0.1, 0.15) is 5.75 Å². The van der Waals surface area contributed by atoms with Crippen LogP contribution in [0.5, 0.6) is 5.75 Å². The van der Waals surface area contributed by atoms with E-state index in [2.05, 4.69) is 26.6 Å². The molecule has 4 nitrogen and oxygen atoms in total. The van der Waals surface area contributed by atoms with Gasteiger partial charge < -0.3 is 15.4 Å². The number of ether oxygens (including phenoxy) is 1. The number of anilines is 1. The van der Waals surface area contributed by atoms with E-state index >= 15 is 0 Å². The molecule has 1 aromatic carbocycles. The second-order valence-corrected chi connectivity index (χ2v) is 5.84. The highest BCUT2D eigenvalue weighted by Crippen LogP contribution is 2.27. The van der Waals surface area contributed by atoms with Crippen molar-refractivity contribution in [3.63, 3.8) is 0 Å². The fourth-order valence-electron chi connectivity index (χ4n) is 1.47. The van der Waals surface area contributed by atoms with Crippen LogP contribution in [0.4, 0.5) is 5.69 Å². The lowest BCUT2D eigenvalue weighted by molar-refractivity contribution is -0.121. The van der Waals surface area contributed by atoms with Gasteiger partial charge >= 0.3 is 0 Å². The third-order valence-electron chi connectivity index (χ3n) is 2.97. The molecule has 0 radical (unpaired) electrons. The molecule has 0 bridgehead atoms. The van der Waals surface area contributed by atoms with Crippen LogP contribution in [0.25, 0.3) is 0 Å². The second-order valence-electron chi connectivity index (χ2n) is 4.99. The Balaban J connectivity index is 2.53. The predicted octanol–water partition coefficient (Wildman–Crippen LogP) is 3.17. The van der Waals surface area contributed by atoms with Crippen LogP contribution < -0.4 is 15.4 Å². The summed E-state index contributed by atoms with van der Waals surface area (Å²) in [5.74, 6) is 0.751. The van der Waals surface area contributed by atoms with Crippen molar-refractivity contribution in [1.82, 2.24) is 5.32 Å². The van der Waals surface area contributed by atoms with Crippen molar-refractivity contribution in [3.8, 4) is 5.75 Å². The number of carbonyl (C=O) groups excluding carboxylic acids is 1. The summed E-state index contributed by atoms with van der Waals surface area (Å²) in [5, 5.41) is 6.06. The average Bonchev–Trinajstić information content (AvgIpc) is 2.36. The first kappa shape index (κ1) is 15.8. The highest BCUT2D eigenvalue weighted by molar-refractivity contribution is 9.10. The van der Waals surface area contributed by atoms with E-state index in [1.165, 1.54) is 0 Å². The van der Waals surface area contributed by atoms with Crippen LogP contribution in [0.3, 0.4) is 0 Å². The number of hydrogen-bond donors (Lipinski definition) is 2. The summed E-state index contributed by atoms with van der Waals surface area (Å²) in [6.07, 6.45) is 0.896. The Kier molecular flexibility index (Phi) is 5.66. The van der Waals surface area contributed by atoms with Gasteiger partial charge in [-0.15, -0.1) is 0 Å². The fourth-order valence-corrected chi connectivity index (χ4v) is 2.01. The largest absolute Gasteiger partial charge is 0.496 e. The van der Waals surface area contributed by atoms with Crippen molar-refractivity contribution in [3.05, 3.63) is 22.7 Å². The topological polar surface area (TPSA) is 50.4 Å². The Bertz CT molecular complexity index is 447. The van der Waals surface area contributed by atoms with Crippen LogP contribution >= 0.6 is 15.9 Å². The summed E-state index contributed by atoms with van der Waals surface area (Å²) < 4.78 is 6.01. The van der Waals surface area contributed by atoms with E-state index in [4.69, 9.17) is 4.74 Å². The lowest BCUT2D eigenvalue weighted by Gasteiger charge is -2.24. The van der Waals surface area contributed by atoms with Gasteiger partial charge in [0.05, 0.1) is 18.1 Å². The van der Waals surface area contributed by atoms with E-state index in [1.54, 1.807) is 7.11 Å². The molecule has 19 heavy (non-hydrogen) atoms. The molecule has 0 heterocycles. The zero-order chi connectivity index (χ0) is 14.5. The molecular weight excluding hydrogens is 308 g/mol. The van der Waals surface area contributed by atoms with Crippen LogP contribution in [-0.4, -0.2) is 25.1 Å². The van der Waals surface area contributed by atoms with Crippen LogP contribution in [0, 0.1) is 0 Å². The fraction of sp³-hybridized carbons (Fsp3) is 0.500. The van der Waals surface area contributed by atoms with Crippen molar-refractivity contribution >= 4 is 27.5 Å². The zero-order valence-corrected chi connectivity index (χ0v) is 13.4. The van der Waals surface area contributed by atoms with Gasteiger partial charge in [-0.05, 0) is 54.4 Å². The molecule has 0 aromatic heterocycles. The molecule has 0 unspecified atom stereocenters. The monoisotopic (exact) mass is 328 g/mol. The molecule has 0 saturated heterocycles. The number of benzene rings is 1. The predicted molar refractivity (Wildman–Crippen MR) is 81.7 cm³/mol. The number of amides is 1. The Morgan fingerprint density at radius 1 is 1.42 bits per heavy atom. The van der Waals surface area contributed by atoms with Gasteiger partial charge in [-0.1, -0.05) is 6.92 Å². The molecular formula is C14H21BrN2O2. The molecule has 1 amide bonds. The van der Waals surface area contributed by atoms with E-state index in [0.717, 1.165) is 22.3 Å². The molecule has 5 heteroatoms. The standard InChI is InChI=1S/C14H21BrN2O2/c1-5-14(2,3)17-13(18)9-16-10-6-7-12(19-4)11(15)8-10/h6-8,16H,5,9H2,1-4H3,(H,17,18). The first-order valence-corrected chi connectivity index (χ1v) is 7.05. The second kappa shape index (κ2) is 6.80. The van der Waals surface area contributed by atoms with Gasteiger partial charge in [0.2, 0.25) is 5.91 Å². The van der Waals surface area contributed by atoms with Gasteiger partial charge in [0.25, 0.3) is 0 Å². The molecule has 0 atom stereocenters. The van der Waals surface area contributed by atoms with Crippen molar-refractivity contribution < 1.29 is 9.53 Å². The first-order valence-electron chi connectivity index (χ1n) is 6.26. The lowest BCUT2D eigenvalue weighted by atomic mass is 10.0. The van der Waals surface area contributed by atoms with Crippen LogP contribution in [0.1, 0.15) is 27.2 Å². The summed E-state index contributed by atoms with van der Waals surface area (Å²) in [6, 6.07) is 5.61. The summed E-state index contributed by atoms with van der Waals surface area (Å²) in [6.45, 7) is 6.32. The van der Waals surface area contributed by atoms with E-state index in [1.807, 2.05) is 39.0 Å². The van der Waals surface area contributed by atoms with Crippen molar-refractivity contribution in [1.29, 1.82) is 0 Å². The number of carbonyl (C=O) groups is 1. The van der Waals surface area contributed by atoms with E-state index in [0.29, 0.717) is 0 Å². The van der Waals surface area contributed by atoms with Gasteiger partial charge in [-0.2, -0.15) is 0 Å². The van der Waals surface area contributed by atoms with Crippen molar-refractivity contribution in [2.75, 3.05) is 19.0 Å². The number of hydrogen-bond acceptors (Lipinski definition) is 3. The third-order valence-corrected chi connectivity index (χ3v) is 3.59. The van der Waals surface area contributed by atoms with Gasteiger partial charge in [0.15, 0.2) is 0 Å². The van der Waals surface area contributed by atoms with Gasteiger partial charge in [0, 0.05) is 11.2 Å². The number of methoxy groups -OCH3 is 1. The minimum absolute atomic E-state index is 0.0150. The maximum Gasteiger partial charge on any atom is 0.239 e. The molecule has 106 valence electrons. The summed E-state index contributed by atoms with van der Waals surface area (Å²) in [4.78, 5) is 11.8. The SMILES string of the molecule is CCC(C)(C)NC(=O)CNc1ccc(OC)c(Br)c1. The van der Waals surface area contributed by atoms with Crippen molar-refractivity contribution in [2.45, 2.75) is 32.7 Å². The van der Waals surface area contributed by atoms with Crippen molar-refractivity contribution in [2.24, 2.45) is 0 Å². The molecule has 1 aromatic rings. The molecule has 2 N–H and O–H groups in total. The van der Waals surface area contributed by atoms with E-state index in [9.17, 15) is 4.79 Å². The maximum absolute atomic E-state index is 11.8. The molecule has 0 aliphatic rings. The lowest BCUT2D eigenvalue weighted by Crippen LogP contribution is -2.45. The van der Waals surface area contributed by atoms with Gasteiger partial charge in [-0.3, -0.25) is 4.79 Å². The molecule has 0 aliphatic carbocycles. The molecule has 0 saturated carbocycles. The molecule has 0 fully saturated rings. The van der Waals surface area contributed by atoms with Crippen LogP contribution in [-0.2, 0) is 4.79 Å². The number of nitrogens with one attached hydrogen (secondary N) is 2. The number of halogens is 1. The normalized spacial score (nSPS) is 11.0. The quantitative estimate of drug-likeness (QED) is 0.843. The maximum atomic E-state index is 11.8.